The molecule has 1 aliphatic carbocycles. The highest BCUT2D eigenvalue weighted by Gasteiger charge is 2.31. The van der Waals surface area contributed by atoms with Gasteiger partial charge in [-0.2, -0.15) is 0 Å². The molecule has 0 atom stereocenters. The molecule has 1 aliphatic rings. The number of hydrogen-bond donors (Lipinski definition) is 0. The molecule has 0 unspecified atom stereocenters. The highest BCUT2D eigenvalue weighted by Crippen LogP contribution is 2.46. The van der Waals surface area contributed by atoms with Gasteiger partial charge in [0.15, 0.2) is 5.70 Å². The van der Waals surface area contributed by atoms with Crippen LogP contribution in [0.15, 0.2) is 108 Å². The Labute approximate surface area is 222 Å². The molecule has 0 amide bonds. The van der Waals surface area contributed by atoms with Crippen molar-refractivity contribution in [1.29, 1.82) is 0 Å². The maximum Gasteiger partial charge on any atom is 0.268 e. The van der Waals surface area contributed by atoms with Gasteiger partial charge in [0.2, 0.25) is 0 Å². The summed E-state index contributed by atoms with van der Waals surface area (Å²) in [6.45, 7) is 8.12. The first-order valence-corrected chi connectivity index (χ1v) is 13.8. The van der Waals surface area contributed by atoms with Gasteiger partial charge in [-0.3, -0.25) is 0 Å². The molecular formula is C32H24N2O3S. The first kappa shape index (κ1) is 23.8. The molecule has 1 aromatic heterocycles. The van der Waals surface area contributed by atoms with E-state index in [1.807, 2.05) is 72.8 Å². The Morgan fingerprint density at radius 2 is 1.50 bits per heavy atom. The van der Waals surface area contributed by atoms with Crippen molar-refractivity contribution in [3.8, 4) is 17.0 Å². The second-order valence-electron chi connectivity index (χ2n) is 9.15. The number of para-hydroxylation sites is 1. The minimum atomic E-state index is -4.01. The molecule has 5 aromatic rings. The van der Waals surface area contributed by atoms with E-state index in [-0.39, 0.29) is 4.90 Å². The molecule has 0 fully saturated rings. The molecule has 4 aromatic carbocycles. The van der Waals surface area contributed by atoms with Crippen molar-refractivity contribution in [2.75, 3.05) is 7.11 Å². The van der Waals surface area contributed by atoms with Crippen LogP contribution in [0.3, 0.4) is 0 Å². The van der Waals surface area contributed by atoms with E-state index in [0.717, 1.165) is 39.6 Å². The van der Waals surface area contributed by atoms with Crippen LogP contribution in [0.2, 0.25) is 0 Å². The Hall–Kier alpha value is -4.60. The molecule has 0 aliphatic heterocycles. The average molecular weight is 517 g/mol. The third-order valence-electron chi connectivity index (χ3n) is 7.09. The van der Waals surface area contributed by atoms with Crippen molar-refractivity contribution in [3.05, 3.63) is 131 Å². The van der Waals surface area contributed by atoms with E-state index in [1.54, 1.807) is 31.4 Å². The lowest BCUT2D eigenvalue weighted by atomic mass is 9.84. The topological polar surface area (TPSA) is 52.7 Å². The molecule has 5 nitrogen and oxygen atoms in total. The van der Waals surface area contributed by atoms with Crippen molar-refractivity contribution in [2.24, 2.45) is 0 Å². The lowest BCUT2D eigenvalue weighted by Crippen LogP contribution is -2.14. The Balaban J connectivity index is 1.75. The highest BCUT2D eigenvalue weighted by atomic mass is 32.2. The van der Waals surface area contributed by atoms with E-state index in [4.69, 9.17) is 11.3 Å². The quantitative estimate of drug-likeness (QED) is 0.231. The monoisotopic (exact) mass is 516 g/mol. The number of hydrogen-bond acceptors (Lipinski definition) is 3. The number of aromatic nitrogens is 1. The number of nitrogens with zero attached hydrogens (tertiary/aromatic N) is 2. The van der Waals surface area contributed by atoms with Crippen LogP contribution in [0, 0.1) is 6.57 Å². The van der Waals surface area contributed by atoms with Crippen LogP contribution in [0.4, 0.5) is 0 Å². The van der Waals surface area contributed by atoms with Crippen LogP contribution in [0.1, 0.15) is 23.1 Å². The van der Waals surface area contributed by atoms with E-state index < -0.39 is 10.0 Å². The second kappa shape index (κ2) is 9.37. The summed E-state index contributed by atoms with van der Waals surface area (Å²) in [5.41, 5.74) is 6.21. The minimum Gasteiger partial charge on any atom is -0.497 e. The molecule has 6 heteroatoms. The van der Waals surface area contributed by atoms with Gasteiger partial charge >= 0.3 is 0 Å². The molecule has 0 saturated carbocycles. The summed E-state index contributed by atoms with van der Waals surface area (Å²) in [4.78, 5) is 4.16. The standard InChI is InChI=1S/C32H24N2O3S/c1-33-31-26-13-7-6-10-22(26)16-21-28(31)30-27-14-8-9-15-29(27)34(32(30)23-11-4-3-5-12-23)38(35,36)25-19-17-24(37-2)18-20-25/h3-15,17-20H,16,21H2,2H3. The maximum atomic E-state index is 14.3. The SMILES string of the molecule is [C-]#[N+]C1=C(c2c(-c3ccccc3)n(S(=O)(=O)c3ccc(OC)cc3)c3ccccc23)CCc2ccccc21. The van der Waals surface area contributed by atoms with Gasteiger partial charge in [0.25, 0.3) is 10.0 Å². The van der Waals surface area contributed by atoms with Gasteiger partial charge in [-0.05, 0) is 59.9 Å². The number of ether oxygens (including phenoxy) is 1. The van der Waals surface area contributed by atoms with Crippen LogP contribution < -0.4 is 4.74 Å². The van der Waals surface area contributed by atoms with Gasteiger partial charge in [0.1, 0.15) is 5.75 Å². The third-order valence-corrected chi connectivity index (χ3v) is 8.82. The Morgan fingerprint density at radius 1 is 0.816 bits per heavy atom. The van der Waals surface area contributed by atoms with Crippen molar-refractivity contribution < 1.29 is 13.2 Å². The van der Waals surface area contributed by atoms with E-state index in [2.05, 4.69) is 10.9 Å². The zero-order chi connectivity index (χ0) is 26.3. The fourth-order valence-corrected chi connectivity index (χ4v) is 6.90. The summed E-state index contributed by atoms with van der Waals surface area (Å²) in [6.07, 6.45) is 1.43. The average Bonchev–Trinajstić information content (AvgIpc) is 3.33. The first-order valence-electron chi connectivity index (χ1n) is 12.3. The van der Waals surface area contributed by atoms with Crippen LogP contribution in [-0.4, -0.2) is 19.5 Å². The second-order valence-corrected chi connectivity index (χ2v) is 10.9. The number of methoxy groups -OCH3 is 1. The number of benzene rings is 4. The Kier molecular flexibility index (Phi) is 5.86. The fraction of sp³-hybridized carbons (Fsp3) is 0.0938. The predicted molar refractivity (Wildman–Crippen MR) is 151 cm³/mol. The van der Waals surface area contributed by atoms with Gasteiger partial charge in [-0.1, -0.05) is 78.4 Å². The molecule has 38 heavy (non-hydrogen) atoms. The van der Waals surface area contributed by atoms with Crippen molar-refractivity contribution in [2.45, 2.75) is 17.7 Å². The van der Waals surface area contributed by atoms with Gasteiger partial charge in [-0.25, -0.2) is 17.2 Å². The summed E-state index contributed by atoms with van der Waals surface area (Å²) in [6, 6.07) is 31.5. The van der Waals surface area contributed by atoms with E-state index >= 15 is 0 Å². The molecule has 0 spiro atoms. The first-order chi connectivity index (χ1) is 18.5. The number of aryl methyl sites for hydroxylation is 1. The van der Waals surface area contributed by atoms with Gasteiger partial charge in [0.05, 0.1) is 29.8 Å². The zero-order valence-corrected chi connectivity index (χ0v) is 21.6. The summed E-state index contributed by atoms with van der Waals surface area (Å²) in [5.74, 6) is 0.581. The molecule has 1 heterocycles. The molecule has 0 saturated heterocycles. The summed E-state index contributed by atoms with van der Waals surface area (Å²) < 4.78 is 35.4. The van der Waals surface area contributed by atoms with Crippen LogP contribution in [0.5, 0.6) is 5.75 Å². The summed E-state index contributed by atoms with van der Waals surface area (Å²) in [5, 5.41) is 0.805. The van der Waals surface area contributed by atoms with Crippen LogP contribution in [-0.2, 0) is 16.4 Å². The zero-order valence-electron chi connectivity index (χ0n) is 20.8. The Morgan fingerprint density at radius 3 is 2.24 bits per heavy atom. The highest BCUT2D eigenvalue weighted by molar-refractivity contribution is 7.90. The number of rotatable bonds is 5. The molecule has 6 rings (SSSR count). The van der Waals surface area contributed by atoms with Crippen molar-refractivity contribution >= 4 is 32.2 Å². The molecule has 0 N–H and O–H groups in total. The van der Waals surface area contributed by atoms with Gasteiger partial charge in [0, 0.05) is 10.9 Å². The van der Waals surface area contributed by atoms with Crippen molar-refractivity contribution in [3.63, 3.8) is 0 Å². The lowest BCUT2D eigenvalue weighted by molar-refractivity contribution is 0.414. The fourth-order valence-electron chi connectivity index (χ4n) is 5.36. The van der Waals surface area contributed by atoms with E-state index in [1.165, 1.54) is 3.97 Å². The lowest BCUT2D eigenvalue weighted by Gasteiger charge is -2.21. The normalized spacial score (nSPS) is 13.3. The third kappa shape index (κ3) is 3.71. The summed E-state index contributed by atoms with van der Waals surface area (Å²) in [7, 11) is -2.46. The van der Waals surface area contributed by atoms with E-state index in [0.29, 0.717) is 29.1 Å². The largest absolute Gasteiger partial charge is 0.497 e. The molecule has 0 radical (unpaired) electrons. The number of fused-ring (bicyclic) bond motifs is 2. The summed E-state index contributed by atoms with van der Waals surface area (Å²) >= 11 is 0. The van der Waals surface area contributed by atoms with Crippen LogP contribution >= 0.6 is 0 Å². The van der Waals surface area contributed by atoms with Crippen LogP contribution in [0.25, 0.3) is 38.3 Å². The maximum absolute atomic E-state index is 14.3. The van der Waals surface area contributed by atoms with E-state index in [9.17, 15) is 8.42 Å². The molecular weight excluding hydrogens is 492 g/mol. The molecule has 186 valence electrons. The minimum absolute atomic E-state index is 0.163. The molecule has 0 bridgehead atoms. The van der Waals surface area contributed by atoms with Crippen molar-refractivity contribution in [1.82, 2.24) is 3.97 Å². The number of allylic oxidation sites excluding steroid dienone is 1. The predicted octanol–water partition coefficient (Wildman–Crippen LogP) is 7.29. The van der Waals surface area contributed by atoms with Gasteiger partial charge < -0.3 is 4.74 Å². The Bertz CT molecular complexity index is 1860. The van der Waals surface area contributed by atoms with Gasteiger partial charge in [-0.15, -0.1) is 0 Å². The smallest absolute Gasteiger partial charge is 0.268 e.